The molecule has 0 saturated carbocycles. The zero-order valence-electron chi connectivity index (χ0n) is 13.5. The van der Waals surface area contributed by atoms with Gasteiger partial charge in [0.1, 0.15) is 5.82 Å². The van der Waals surface area contributed by atoms with Crippen LogP contribution in [-0.2, 0) is 6.54 Å². The van der Waals surface area contributed by atoms with E-state index in [9.17, 15) is 14.9 Å². The molecule has 0 aliphatic rings. The number of nitro groups is 1. The van der Waals surface area contributed by atoms with Crippen molar-refractivity contribution in [3.63, 3.8) is 0 Å². The van der Waals surface area contributed by atoms with Crippen LogP contribution in [0.3, 0.4) is 0 Å². The standard InChI is InChI=1S/C18H16N4O3/c1-13-19-10-11-21(13)16-6-2-14(3-7-16)12-20-18(23)15-4-8-17(9-5-15)22(24)25/h2-11H,12H2,1H3,(H,20,23). The lowest BCUT2D eigenvalue weighted by Gasteiger charge is -2.08. The molecular formula is C18H16N4O3. The van der Waals surface area contributed by atoms with Crippen LogP contribution in [0.4, 0.5) is 5.69 Å². The van der Waals surface area contributed by atoms with E-state index in [0.717, 1.165) is 17.1 Å². The van der Waals surface area contributed by atoms with E-state index in [4.69, 9.17) is 0 Å². The van der Waals surface area contributed by atoms with Gasteiger partial charge in [0, 0.05) is 42.3 Å². The summed E-state index contributed by atoms with van der Waals surface area (Å²) in [5.41, 5.74) is 2.30. The van der Waals surface area contributed by atoms with Crippen molar-refractivity contribution in [2.75, 3.05) is 0 Å². The molecule has 0 radical (unpaired) electrons. The minimum Gasteiger partial charge on any atom is -0.348 e. The summed E-state index contributed by atoms with van der Waals surface area (Å²) in [4.78, 5) is 26.4. The van der Waals surface area contributed by atoms with Crippen molar-refractivity contribution < 1.29 is 9.72 Å². The van der Waals surface area contributed by atoms with E-state index >= 15 is 0 Å². The first kappa shape index (κ1) is 16.4. The van der Waals surface area contributed by atoms with Gasteiger partial charge in [-0.3, -0.25) is 14.9 Å². The van der Waals surface area contributed by atoms with Crippen LogP contribution in [0.1, 0.15) is 21.7 Å². The molecule has 0 aliphatic carbocycles. The van der Waals surface area contributed by atoms with Crippen LogP contribution >= 0.6 is 0 Å². The van der Waals surface area contributed by atoms with Gasteiger partial charge >= 0.3 is 0 Å². The molecule has 126 valence electrons. The lowest BCUT2D eigenvalue weighted by atomic mass is 10.1. The predicted molar refractivity (Wildman–Crippen MR) is 92.6 cm³/mol. The van der Waals surface area contributed by atoms with E-state index in [1.54, 1.807) is 6.20 Å². The molecule has 0 bridgehead atoms. The Hall–Kier alpha value is -3.48. The quantitative estimate of drug-likeness (QED) is 0.573. The SMILES string of the molecule is Cc1nccn1-c1ccc(CNC(=O)c2ccc([N+](=O)[O-])cc2)cc1. The van der Waals surface area contributed by atoms with Crippen molar-refractivity contribution in [3.8, 4) is 5.69 Å². The number of benzene rings is 2. The average Bonchev–Trinajstić information content (AvgIpc) is 3.06. The van der Waals surface area contributed by atoms with E-state index < -0.39 is 4.92 Å². The monoisotopic (exact) mass is 336 g/mol. The summed E-state index contributed by atoms with van der Waals surface area (Å²) in [6.45, 7) is 2.30. The topological polar surface area (TPSA) is 90.1 Å². The first-order chi connectivity index (χ1) is 12.0. The summed E-state index contributed by atoms with van der Waals surface area (Å²) in [6.07, 6.45) is 3.63. The number of nitrogens with zero attached hydrogens (tertiary/aromatic N) is 3. The Labute approximate surface area is 144 Å². The fourth-order valence-corrected chi connectivity index (χ4v) is 2.44. The predicted octanol–water partition coefficient (Wildman–Crippen LogP) is 3.02. The Balaban J connectivity index is 1.62. The van der Waals surface area contributed by atoms with Gasteiger partial charge in [-0.1, -0.05) is 12.1 Å². The Morgan fingerprint density at radius 2 is 1.84 bits per heavy atom. The Morgan fingerprint density at radius 1 is 1.16 bits per heavy atom. The lowest BCUT2D eigenvalue weighted by Crippen LogP contribution is -2.22. The van der Waals surface area contributed by atoms with Crippen LogP contribution in [0.25, 0.3) is 5.69 Å². The van der Waals surface area contributed by atoms with Gasteiger partial charge in [0.25, 0.3) is 11.6 Å². The lowest BCUT2D eigenvalue weighted by molar-refractivity contribution is -0.384. The maximum Gasteiger partial charge on any atom is 0.269 e. The molecule has 25 heavy (non-hydrogen) atoms. The molecule has 1 amide bonds. The first-order valence-corrected chi connectivity index (χ1v) is 7.66. The highest BCUT2D eigenvalue weighted by molar-refractivity contribution is 5.94. The van der Waals surface area contributed by atoms with Crippen LogP contribution in [0, 0.1) is 17.0 Å². The van der Waals surface area contributed by atoms with Crippen LogP contribution < -0.4 is 5.32 Å². The van der Waals surface area contributed by atoms with Gasteiger partial charge in [-0.05, 0) is 36.8 Å². The molecule has 7 heteroatoms. The summed E-state index contributed by atoms with van der Waals surface area (Å²) in [7, 11) is 0. The summed E-state index contributed by atoms with van der Waals surface area (Å²) >= 11 is 0. The van der Waals surface area contributed by atoms with Crippen molar-refractivity contribution >= 4 is 11.6 Å². The van der Waals surface area contributed by atoms with E-state index in [0.29, 0.717) is 12.1 Å². The average molecular weight is 336 g/mol. The number of non-ortho nitro benzene ring substituents is 1. The number of nitro benzene ring substituents is 1. The molecule has 2 aromatic carbocycles. The van der Waals surface area contributed by atoms with E-state index in [1.165, 1.54) is 24.3 Å². The molecule has 3 rings (SSSR count). The number of hydrogen-bond donors (Lipinski definition) is 1. The van der Waals surface area contributed by atoms with E-state index in [2.05, 4.69) is 10.3 Å². The highest BCUT2D eigenvalue weighted by Crippen LogP contribution is 2.13. The van der Waals surface area contributed by atoms with Crippen LogP contribution in [0.5, 0.6) is 0 Å². The number of carbonyl (C=O) groups excluding carboxylic acids is 1. The van der Waals surface area contributed by atoms with Crippen LogP contribution in [0.15, 0.2) is 60.9 Å². The molecule has 1 aromatic heterocycles. The maximum absolute atomic E-state index is 12.1. The zero-order valence-corrected chi connectivity index (χ0v) is 13.5. The molecule has 1 N–H and O–H groups in total. The molecule has 0 fully saturated rings. The van der Waals surface area contributed by atoms with Crippen molar-refractivity contribution in [2.45, 2.75) is 13.5 Å². The number of aromatic nitrogens is 2. The molecule has 0 unspecified atom stereocenters. The van der Waals surface area contributed by atoms with Crippen molar-refractivity contribution in [3.05, 3.63) is 88.0 Å². The number of amides is 1. The second-order valence-corrected chi connectivity index (χ2v) is 5.50. The molecule has 0 aliphatic heterocycles. The Morgan fingerprint density at radius 3 is 2.40 bits per heavy atom. The van der Waals surface area contributed by atoms with Gasteiger partial charge in [-0.2, -0.15) is 0 Å². The fourth-order valence-electron chi connectivity index (χ4n) is 2.44. The van der Waals surface area contributed by atoms with Crippen molar-refractivity contribution in [2.24, 2.45) is 0 Å². The maximum atomic E-state index is 12.1. The molecule has 7 nitrogen and oxygen atoms in total. The largest absolute Gasteiger partial charge is 0.348 e. The number of imidazole rings is 1. The highest BCUT2D eigenvalue weighted by Gasteiger charge is 2.09. The number of carbonyl (C=O) groups is 1. The summed E-state index contributed by atoms with van der Waals surface area (Å²) < 4.78 is 1.97. The third kappa shape index (κ3) is 3.72. The third-order valence-corrected chi connectivity index (χ3v) is 3.83. The van der Waals surface area contributed by atoms with Crippen LogP contribution in [0.2, 0.25) is 0 Å². The van der Waals surface area contributed by atoms with Gasteiger partial charge in [0.05, 0.1) is 4.92 Å². The van der Waals surface area contributed by atoms with Gasteiger partial charge in [0.2, 0.25) is 0 Å². The minimum atomic E-state index is -0.495. The second kappa shape index (κ2) is 6.96. The number of aryl methyl sites for hydroxylation is 1. The summed E-state index contributed by atoms with van der Waals surface area (Å²) in [6, 6.07) is 13.3. The van der Waals surface area contributed by atoms with E-state index in [-0.39, 0.29) is 11.6 Å². The van der Waals surface area contributed by atoms with Gasteiger partial charge in [0.15, 0.2) is 0 Å². The van der Waals surface area contributed by atoms with Gasteiger partial charge < -0.3 is 9.88 Å². The zero-order chi connectivity index (χ0) is 17.8. The third-order valence-electron chi connectivity index (χ3n) is 3.83. The minimum absolute atomic E-state index is 0.0399. The normalized spacial score (nSPS) is 10.4. The smallest absolute Gasteiger partial charge is 0.269 e. The molecule has 1 heterocycles. The molecule has 0 spiro atoms. The van der Waals surface area contributed by atoms with E-state index in [1.807, 2.05) is 42.0 Å². The molecule has 0 atom stereocenters. The molecular weight excluding hydrogens is 320 g/mol. The summed E-state index contributed by atoms with van der Waals surface area (Å²) in [5.74, 6) is 0.628. The Kier molecular flexibility index (Phi) is 4.56. The highest BCUT2D eigenvalue weighted by atomic mass is 16.6. The van der Waals surface area contributed by atoms with Crippen molar-refractivity contribution in [1.29, 1.82) is 0 Å². The van der Waals surface area contributed by atoms with Gasteiger partial charge in [-0.25, -0.2) is 4.98 Å². The van der Waals surface area contributed by atoms with Crippen LogP contribution in [-0.4, -0.2) is 20.4 Å². The first-order valence-electron chi connectivity index (χ1n) is 7.66. The summed E-state index contributed by atoms with van der Waals surface area (Å²) in [5, 5.41) is 13.4. The number of rotatable bonds is 5. The Bertz CT molecular complexity index is 899. The molecule has 3 aromatic rings. The van der Waals surface area contributed by atoms with Crippen molar-refractivity contribution in [1.82, 2.24) is 14.9 Å². The number of nitrogens with one attached hydrogen (secondary N) is 1. The second-order valence-electron chi connectivity index (χ2n) is 5.50. The molecule has 0 saturated heterocycles. The van der Waals surface area contributed by atoms with Gasteiger partial charge in [-0.15, -0.1) is 0 Å². The number of hydrogen-bond acceptors (Lipinski definition) is 4. The fraction of sp³-hybridized carbons (Fsp3) is 0.111.